The zero-order valence-corrected chi connectivity index (χ0v) is 16.4. The van der Waals surface area contributed by atoms with Gasteiger partial charge in [-0.25, -0.2) is 0 Å². The first-order valence-corrected chi connectivity index (χ1v) is 9.77. The zero-order chi connectivity index (χ0) is 18.9. The van der Waals surface area contributed by atoms with Gasteiger partial charge in [-0.3, -0.25) is 0 Å². The Kier molecular flexibility index (Phi) is 7.49. The third kappa shape index (κ3) is 4.17. The number of hydrogen-bond acceptors (Lipinski definition) is 0. The summed E-state index contributed by atoms with van der Waals surface area (Å²) in [6.07, 6.45) is 14.5. The van der Waals surface area contributed by atoms with E-state index < -0.39 is 0 Å². The van der Waals surface area contributed by atoms with Crippen molar-refractivity contribution in [1.82, 2.24) is 0 Å². The van der Waals surface area contributed by atoms with Crippen LogP contribution in [0.4, 0.5) is 0 Å². The van der Waals surface area contributed by atoms with Crippen molar-refractivity contribution in [1.29, 1.82) is 0 Å². The molecule has 3 aromatic carbocycles. The molecule has 3 aromatic rings. The minimum absolute atomic E-state index is 1.23. The molecule has 26 heavy (non-hydrogen) atoms. The maximum absolute atomic E-state index is 4.00. The van der Waals surface area contributed by atoms with E-state index in [1.165, 1.54) is 59.6 Å². The van der Waals surface area contributed by atoms with Crippen LogP contribution in [0.1, 0.15) is 49.8 Å². The van der Waals surface area contributed by atoms with Crippen LogP contribution in [0.3, 0.4) is 0 Å². The topological polar surface area (TPSA) is 0 Å². The quantitative estimate of drug-likeness (QED) is 0.320. The molecule has 0 spiro atoms. The van der Waals surface area contributed by atoms with Gasteiger partial charge in [0.15, 0.2) is 0 Å². The predicted molar refractivity (Wildman–Crippen MR) is 117 cm³/mol. The lowest BCUT2D eigenvalue weighted by Crippen LogP contribution is -1.97. The summed E-state index contributed by atoms with van der Waals surface area (Å²) < 4.78 is 0. The van der Waals surface area contributed by atoms with Crippen molar-refractivity contribution in [2.45, 2.75) is 52.9 Å². The highest BCUT2D eigenvalue weighted by Crippen LogP contribution is 2.36. The van der Waals surface area contributed by atoms with E-state index in [2.05, 4.69) is 74.4 Å². The van der Waals surface area contributed by atoms with Crippen LogP contribution in [-0.2, 0) is 12.8 Å². The summed E-state index contributed by atoms with van der Waals surface area (Å²) in [4.78, 5) is 0. The van der Waals surface area contributed by atoms with Crippen LogP contribution >= 0.6 is 0 Å². The Morgan fingerprint density at radius 2 is 1.42 bits per heavy atom. The van der Waals surface area contributed by atoms with E-state index in [4.69, 9.17) is 0 Å². The van der Waals surface area contributed by atoms with E-state index >= 15 is 0 Å². The lowest BCUT2D eigenvalue weighted by atomic mass is 9.88. The Balaban J connectivity index is 0.000000570. The van der Waals surface area contributed by atoms with Crippen molar-refractivity contribution in [3.63, 3.8) is 0 Å². The molecule has 0 bridgehead atoms. The summed E-state index contributed by atoms with van der Waals surface area (Å²) in [5.74, 6) is 0. The summed E-state index contributed by atoms with van der Waals surface area (Å²) in [5.41, 5.74) is 7.44. The predicted octanol–water partition coefficient (Wildman–Crippen LogP) is 7.36. The first-order valence-electron chi connectivity index (χ1n) is 9.77. The van der Waals surface area contributed by atoms with Crippen LogP contribution in [0.2, 0.25) is 0 Å². The smallest absolute Gasteiger partial charge is 0.0102 e. The summed E-state index contributed by atoms with van der Waals surface area (Å²) >= 11 is 0. The molecule has 0 atom stereocenters. The van der Waals surface area contributed by atoms with E-state index in [1.54, 1.807) is 11.1 Å². The Hall–Kier alpha value is -2.52. The average Bonchev–Trinajstić information content (AvgIpc) is 2.95. The molecule has 4 rings (SSSR count). The van der Waals surface area contributed by atoms with Gasteiger partial charge < -0.3 is 0 Å². The van der Waals surface area contributed by atoms with Gasteiger partial charge in [-0.15, -0.1) is 12.8 Å². The molecule has 0 aliphatic heterocycles. The van der Waals surface area contributed by atoms with Gasteiger partial charge in [0.1, 0.15) is 0 Å². The highest BCUT2D eigenvalue weighted by atomic mass is 14.2. The van der Waals surface area contributed by atoms with Crippen molar-refractivity contribution in [3.05, 3.63) is 71.3 Å². The highest BCUT2D eigenvalue weighted by molar-refractivity contribution is 5.97. The Bertz CT molecular complexity index is 862. The maximum Gasteiger partial charge on any atom is -0.0102 e. The minimum atomic E-state index is 1.23. The fourth-order valence-electron chi connectivity index (χ4n) is 3.90. The first-order chi connectivity index (χ1) is 12.8. The van der Waals surface area contributed by atoms with Gasteiger partial charge in [0.25, 0.3) is 0 Å². The molecule has 0 amide bonds. The second kappa shape index (κ2) is 9.83. The van der Waals surface area contributed by atoms with E-state index in [0.29, 0.717) is 0 Å². The lowest BCUT2D eigenvalue weighted by molar-refractivity contribution is 0.712. The molecular weight excluding hydrogens is 312 g/mol. The SMILES string of the molecule is C#C.CC.Cc1cc2c(c(-c3cccc4ccccc34)c1)CCCCC2. The van der Waals surface area contributed by atoms with Crippen LogP contribution in [0.5, 0.6) is 0 Å². The molecular formula is C26H30. The molecule has 0 fully saturated rings. The van der Waals surface area contributed by atoms with Crippen LogP contribution < -0.4 is 0 Å². The molecule has 0 heterocycles. The summed E-state index contributed by atoms with van der Waals surface area (Å²) in [5, 5.41) is 2.71. The minimum Gasteiger partial charge on any atom is -0.124 e. The maximum atomic E-state index is 4.00. The molecule has 0 heteroatoms. The van der Waals surface area contributed by atoms with Crippen molar-refractivity contribution in [3.8, 4) is 24.0 Å². The van der Waals surface area contributed by atoms with Gasteiger partial charge in [0.2, 0.25) is 0 Å². The van der Waals surface area contributed by atoms with E-state index in [9.17, 15) is 0 Å². The largest absolute Gasteiger partial charge is 0.124 e. The average molecular weight is 343 g/mol. The third-order valence-electron chi connectivity index (χ3n) is 4.94. The molecule has 0 nitrogen and oxygen atoms in total. The van der Waals surface area contributed by atoms with Gasteiger partial charge in [0, 0.05) is 0 Å². The fourth-order valence-corrected chi connectivity index (χ4v) is 3.90. The molecule has 0 saturated carbocycles. The standard InChI is InChI=1S/C22H22.C2H6.C2H2/c1-16-14-18-9-3-2-4-11-20(18)22(15-16)21-13-7-10-17-8-5-6-12-19(17)21;2*1-2/h5-8,10,12-15H,2-4,9,11H2,1H3;1-2H3;1-2H. The second-order valence-corrected chi connectivity index (χ2v) is 6.54. The van der Waals surface area contributed by atoms with Crippen LogP contribution in [0.15, 0.2) is 54.6 Å². The van der Waals surface area contributed by atoms with E-state index in [1.807, 2.05) is 13.8 Å². The summed E-state index contributed by atoms with van der Waals surface area (Å²) in [6, 6.07) is 20.3. The monoisotopic (exact) mass is 342 g/mol. The Labute approximate surface area is 159 Å². The molecule has 1 aliphatic carbocycles. The molecule has 0 N–H and O–H groups in total. The number of hydrogen-bond donors (Lipinski definition) is 0. The van der Waals surface area contributed by atoms with E-state index in [-0.39, 0.29) is 0 Å². The number of benzene rings is 3. The number of terminal acetylenes is 1. The van der Waals surface area contributed by atoms with Crippen molar-refractivity contribution in [2.24, 2.45) is 0 Å². The first kappa shape index (κ1) is 19.8. The summed E-state index contributed by atoms with van der Waals surface area (Å²) in [7, 11) is 0. The lowest BCUT2D eigenvalue weighted by Gasteiger charge is -2.16. The third-order valence-corrected chi connectivity index (χ3v) is 4.94. The van der Waals surface area contributed by atoms with Crippen LogP contribution in [0, 0.1) is 19.8 Å². The van der Waals surface area contributed by atoms with Crippen molar-refractivity contribution in [2.75, 3.05) is 0 Å². The van der Waals surface area contributed by atoms with Gasteiger partial charge in [0.05, 0.1) is 0 Å². The molecule has 1 aliphatic rings. The number of fused-ring (bicyclic) bond motifs is 2. The second-order valence-electron chi connectivity index (χ2n) is 6.54. The zero-order valence-electron chi connectivity index (χ0n) is 16.4. The number of rotatable bonds is 1. The van der Waals surface area contributed by atoms with Crippen molar-refractivity contribution >= 4 is 10.8 Å². The van der Waals surface area contributed by atoms with Gasteiger partial charge in [-0.05, 0) is 65.6 Å². The molecule has 0 aromatic heterocycles. The Morgan fingerprint density at radius 1 is 0.731 bits per heavy atom. The van der Waals surface area contributed by atoms with Gasteiger partial charge in [-0.2, -0.15) is 0 Å². The van der Waals surface area contributed by atoms with Crippen molar-refractivity contribution < 1.29 is 0 Å². The van der Waals surface area contributed by atoms with Gasteiger partial charge >= 0.3 is 0 Å². The molecule has 0 unspecified atom stereocenters. The fraction of sp³-hybridized carbons (Fsp3) is 0.308. The van der Waals surface area contributed by atoms with E-state index in [0.717, 1.165) is 0 Å². The molecule has 0 radical (unpaired) electrons. The van der Waals surface area contributed by atoms with Crippen LogP contribution in [-0.4, -0.2) is 0 Å². The molecule has 134 valence electrons. The molecule has 0 saturated heterocycles. The number of aryl methyl sites for hydroxylation is 2. The highest BCUT2D eigenvalue weighted by Gasteiger charge is 2.15. The van der Waals surface area contributed by atoms with Gasteiger partial charge in [-0.1, -0.05) is 80.4 Å². The van der Waals surface area contributed by atoms with Crippen LogP contribution in [0.25, 0.3) is 21.9 Å². The Morgan fingerprint density at radius 3 is 2.23 bits per heavy atom. The summed E-state index contributed by atoms with van der Waals surface area (Å²) in [6.45, 7) is 6.24. The normalized spacial score (nSPS) is 12.7.